The molecule has 1 amide bonds. The van der Waals surface area contributed by atoms with Gasteiger partial charge in [-0.25, -0.2) is 4.39 Å². The number of carbonyl (C=O) groups excluding carboxylic acids is 1. The van der Waals surface area contributed by atoms with E-state index in [0.717, 1.165) is 11.1 Å². The molecule has 0 aliphatic rings. The van der Waals surface area contributed by atoms with Crippen LogP contribution < -0.4 is 10.1 Å². The lowest BCUT2D eigenvalue weighted by Gasteiger charge is -2.13. The van der Waals surface area contributed by atoms with Crippen LogP contribution in [0, 0.1) is 24.1 Å². The number of halogens is 2. The zero-order valence-corrected chi connectivity index (χ0v) is 18.7. The lowest BCUT2D eigenvalue weighted by atomic mass is 10.0. The van der Waals surface area contributed by atoms with Crippen LogP contribution in [-0.2, 0) is 11.2 Å². The maximum atomic E-state index is 14.1. The number of para-hydroxylation sites is 1. The average Bonchev–Trinajstić information content (AvgIpc) is 2.76. The van der Waals surface area contributed by atoms with E-state index in [9.17, 15) is 14.4 Å². The zero-order chi connectivity index (χ0) is 22.4. The van der Waals surface area contributed by atoms with Crippen molar-refractivity contribution in [3.8, 4) is 11.8 Å². The minimum absolute atomic E-state index is 0.0425. The third kappa shape index (κ3) is 5.39. The minimum Gasteiger partial charge on any atom is -0.496 e. The van der Waals surface area contributed by atoms with Crippen molar-refractivity contribution in [2.45, 2.75) is 13.3 Å². The number of amides is 1. The summed E-state index contributed by atoms with van der Waals surface area (Å²) in [4.78, 5) is 12.6. The molecule has 156 valence electrons. The maximum Gasteiger partial charge on any atom is 0.266 e. The number of hydrogen-bond acceptors (Lipinski definition) is 3. The second-order valence-corrected chi connectivity index (χ2v) is 7.74. The first-order valence-corrected chi connectivity index (χ1v) is 10.3. The molecule has 6 heteroatoms. The van der Waals surface area contributed by atoms with E-state index in [0.29, 0.717) is 33.5 Å². The Labute approximate surface area is 189 Å². The van der Waals surface area contributed by atoms with Gasteiger partial charge in [0.25, 0.3) is 5.91 Å². The predicted molar refractivity (Wildman–Crippen MR) is 123 cm³/mol. The highest BCUT2D eigenvalue weighted by molar-refractivity contribution is 9.10. The van der Waals surface area contributed by atoms with Crippen molar-refractivity contribution in [2.24, 2.45) is 0 Å². The molecule has 0 saturated heterocycles. The average molecular weight is 479 g/mol. The van der Waals surface area contributed by atoms with Gasteiger partial charge in [-0.3, -0.25) is 4.79 Å². The van der Waals surface area contributed by atoms with Crippen molar-refractivity contribution in [3.63, 3.8) is 0 Å². The lowest BCUT2D eigenvalue weighted by molar-refractivity contribution is -0.112. The quantitative estimate of drug-likeness (QED) is 0.346. The van der Waals surface area contributed by atoms with Crippen LogP contribution in [-0.4, -0.2) is 13.0 Å². The van der Waals surface area contributed by atoms with E-state index in [1.807, 2.05) is 31.2 Å². The van der Waals surface area contributed by atoms with Crippen LogP contribution in [0.2, 0.25) is 0 Å². The smallest absolute Gasteiger partial charge is 0.266 e. The normalized spacial score (nSPS) is 11.0. The van der Waals surface area contributed by atoms with Gasteiger partial charge in [0.15, 0.2) is 0 Å². The molecule has 3 aromatic rings. The minimum atomic E-state index is -0.498. The number of benzene rings is 3. The highest BCUT2D eigenvalue weighted by atomic mass is 79.9. The van der Waals surface area contributed by atoms with Crippen LogP contribution in [0.4, 0.5) is 10.1 Å². The summed E-state index contributed by atoms with van der Waals surface area (Å²) in [6.07, 6.45) is 1.83. The molecule has 1 N–H and O–H groups in total. The first-order chi connectivity index (χ1) is 14.9. The second kappa shape index (κ2) is 10.1. The third-order valence-corrected chi connectivity index (χ3v) is 5.50. The number of ether oxygens (including phenoxy) is 1. The molecule has 0 aliphatic carbocycles. The number of anilines is 1. The molecule has 0 unspecified atom stereocenters. The van der Waals surface area contributed by atoms with Gasteiger partial charge < -0.3 is 10.1 Å². The summed E-state index contributed by atoms with van der Waals surface area (Å²) in [7, 11) is 1.52. The topological polar surface area (TPSA) is 62.1 Å². The Morgan fingerprint density at radius 3 is 2.58 bits per heavy atom. The first-order valence-electron chi connectivity index (χ1n) is 9.51. The van der Waals surface area contributed by atoms with E-state index >= 15 is 0 Å². The Balaban J connectivity index is 1.91. The molecular formula is C25H20BrFN2O2. The van der Waals surface area contributed by atoms with Crippen molar-refractivity contribution < 1.29 is 13.9 Å². The molecule has 0 saturated carbocycles. The van der Waals surface area contributed by atoms with E-state index < -0.39 is 5.91 Å². The number of nitrogens with one attached hydrogen (secondary N) is 1. The van der Waals surface area contributed by atoms with Gasteiger partial charge in [0, 0.05) is 22.1 Å². The van der Waals surface area contributed by atoms with Gasteiger partial charge in [0.1, 0.15) is 23.2 Å². The summed E-state index contributed by atoms with van der Waals surface area (Å²) in [5.74, 6) is -0.261. The molecular weight excluding hydrogens is 459 g/mol. The molecule has 0 aromatic heterocycles. The van der Waals surface area contributed by atoms with Crippen molar-refractivity contribution in [1.82, 2.24) is 0 Å². The lowest BCUT2D eigenvalue weighted by Crippen LogP contribution is -2.14. The summed E-state index contributed by atoms with van der Waals surface area (Å²) in [6.45, 7) is 1.88. The predicted octanol–water partition coefficient (Wildman–Crippen LogP) is 6.04. The molecule has 3 rings (SSSR count). The van der Waals surface area contributed by atoms with Gasteiger partial charge in [0.2, 0.25) is 0 Å². The van der Waals surface area contributed by atoms with Crippen molar-refractivity contribution in [2.75, 3.05) is 12.4 Å². The van der Waals surface area contributed by atoms with Crippen LogP contribution in [0.5, 0.6) is 5.75 Å². The zero-order valence-electron chi connectivity index (χ0n) is 17.1. The van der Waals surface area contributed by atoms with Gasteiger partial charge in [-0.15, -0.1) is 0 Å². The van der Waals surface area contributed by atoms with E-state index in [1.54, 1.807) is 36.4 Å². The first kappa shape index (κ1) is 22.3. The maximum absolute atomic E-state index is 14.1. The van der Waals surface area contributed by atoms with Crippen molar-refractivity contribution >= 4 is 33.6 Å². The number of carbonyl (C=O) groups is 1. The molecule has 4 nitrogen and oxygen atoms in total. The molecule has 0 fully saturated rings. The standard InChI is InChI=1S/C25H20BrFN2O2/c1-16-7-3-6-10-23(16)29-25(30)19(15-28)11-17-12-21(26)20(24(13-17)31-2)14-18-8-4-5-9-22(18)27/h3-13H,14H2,1-2H3,(H,29,30)/b19-11+. The fourth-order valence-corrected chi connectivity index (χ4v) is 3.72. The molecule has 0 heterocycles. The third-order valence-electron chi connectivity index (χ3n) is 4.79. The number of methoxy groups -OCH3 is 1. The number of nitriles is 1. The Morgan fingerprint density at radius 1 is 1.19 bits per heavy atom. The SMILES string of the molecule is COc1cc(/C=C(\C#N)C(=O)Nc2ccccc2C)cc(Br)c1Cc1ccccc1F. The Morgan fingerprint density at radius 2 is 1.90 bits per heavy atom. The summed E-state index contributed by atoms with van der Waals surface area (Å²) < 4.78 is 20.3. The summed E-state index contributed by atoms with van der Waals surface area (Å²) >= 11 is 3.52. The summed E-state index contributed by atoms with van der Waals surface area (Å²) in [6, 6.07) is 19.4. The van der Waals surface area contributed by atoms with Crippen LogP contribution in [0.1, 0.15) is 22.3 Å². The Bertz CT molecular complexity index is 1200. The number of nitrogens with zero attached hydrogens (tertiary/aromatic N) is 1. The van der Waals surface area contributed by atoms with Gasteiger partial charge in [0.05, 0.1) is 7.11 Å². The molecule has 31 heavy (non-hydrogen) atoms. The molecule has 0 bridgehead atoms. The van der Waals surface area contributed by atoms with E-state index in [2.05, 4.69) is 21.2 Å². The second-order valence-electron chi connectivity index (χ2n) is 6.89. The summed E-state index contributed by atoms with van der Waals surface area (Å²) in [5.41, 5.74) is 3.42. The van der Waals surface area contributed by atoms with Crippen LogP contribution in [0.3, 0.4) is 0 Å². The van der Waals surface area contributed by atoms with Crippen LogP contribution >= 0.6 is 15.9 Å². The summed E-state index contributed by atoms with van der Waals surface area (Å²) in [5, 5.41) is 12.3. The van der Waals surface area contributed by atoms with Crippen molar-refractivity contribution in [1.29, 1.82) is 5.26 Å². The van der Waals surface area contributed by atoms with Gasteiger partial charge in [-0.2, -0.15) is 5.26 Å². The highest BCUT2D eigenvalue weighted by Crippen LogP contribution is 2.32. The van der Waals surface area contributed by atoms with Gasteiger partial charge in [-0.05, 0) is 54.0 Å². The fraction of sp³-hybridized carbons (Fsp3) is 0.120. The molecule has 0 atom stereocenters. The largest absolute Gasteiger partial charge is 0.496 e. The Hall–Kier alpha value is -3.43. The number of rotatable bonds is 6. The molecule has 3 aromatic carbocycles. The molecule has 0 spiro atoms. The monoisotopic (exact) mass is 478 g/mol. The van der Waals surface area contributed by atoms with E-state index in [1.165, 1.54) is 19.3 Å². The van der Waals surface area contributed by atoms with E-state index in [4.69, 9.17) is 4.74 Å². The molecule has 0 radical (unpaired) electrons. The Kier molecular flexibility index (Phi) is 7.22. The number of aryl methyl sites for hydroxylation is 1. The highest BCUT2D eigenvalue weighted by Gasteiger charge is 2.15. The fourth-order valence-electron chi connectivity index (χ4n) is 3.12. The molecule has 0 aliphatic heterocycles. The van der Waals surface area contributed by atoms with Gasteiger partial charge >= 0.3 is 0 Å². The van der Waals surface area contributed by atoms with Crippen LogP contribution in [0.15, 0.2) is 70.7 Å². The van der Waals surface area contributed by atoms with Crippen LogP contribution in [0.25, 0.3) is 6.08 Å². The van der Waals surface area contributed by atoms with Gasteiger partial charge in [-0.1, -0.05) is 52.3 Å². The van der Waals surface area contributed by atoms with Crippen molar-refractivity contribution in [3.05, 3.63) is 98.8 Å². The number of hydrogen-bond donors (Lipinski definition) is 1. The van der Waals surface area contributed by atoms with E-state index in [-0.39, 0.29) is 11.4 Å².